The first-order chi connectivity index (χ1) is 33.8. The number of carbonyl (C=O) groups is 5. The number of nitriles is 1. The van der Waals surface area contributed by atoms with Crippen LogP contribution in [-0.2, 0) is 20.9 Å². The van der Waals surface area contributed by atoms with Crippen LogP contribution in [0.2, 0.25) is 0 Å². The maximum atomic E-state index is 14.9. The van der Waals surface area contributed by atoms with E-state index in [1.54, 1.807) is 33.8 Å². The first kappa shape index (κ1) is 47.8. The second-order valence-electron chi connectivity index (χ2n) is 18.9. The molecule has 3 aromatic heterocycles. The summed E-state index contributed by atoms with van der Waals surface area (Å²) in [5.41, 5.74) is 3.87. The zero-order valence-electron chi connectivity index (χ0n) is 39.4. The molecule has 7 heterocycles. The molecule has 0 saturated carbocycles. The Balaban J connectivity index is 0.784. The molecule has 364 valence electrons. The third-order valence-corrected chi connectivity index (χ3v) is 14.4. The van der Waals surface area contributed by atoms with Crippen molar-refractivity contribution in [2.75, 3.05) is 57.8 Å². The molecule has 16 nitrogen and oxygen atoms in total. The minimum atomic E-state index is -0.943. The van der Waals surface area contributed by atoms with Crippen LogP contribution in [-0.4, -0.2) is 123 Å². The predicted molar refractivity (Wildman–Crippen MR) is 255 cm³/mol. The third kappa shape index (κ3) is 10.1. The summed E-state index contributed by atoms with van der Waals surface area (Å²) in [6.45, 7) is 6.40. The van der Waals surface area contributed by atoms with Gasteiger partial charge in [0, 0.05) is 69.0 Å². The lowest BCUT2D eigenvalue weighted by Crippen LogP contribution is -2.61. The fraction of sp³-hybridized carbons (Fsp3) is 0.423. The van der Waals surface area contributed by atoms with Crippen molar-refractivity contribution in [1.82, 2.24) is 39.9 Å². The average molecular weight is 955 g/mol. The van der Waals surface area contributed by atoms with Gasteiger partial charge in [0.2, 0.25) is 17.7 Å². The summed E-state index contributed by atoms with van der Waals surface area (Å²) >= 11 is 0. The van der Waals surface area contributed by atoms with E-state index in [1.165, 1.54) is 6.20 Å². The van der Waals surface area contributed by atoms with Crippen molar-refractivity contribution >= 4 is 40.9 Å². The van der Waals surface area contributed by atoms with Crippen LogP contribution in [0.5, 0.6) is 5.75 Å². The van der Waals surface area contributed by atoms with E-state index in [1.807, 2.05) is 37.3 Å². The van der Waals surface area contributed by atoms with Crippen molar-refractivity contribution in [1.29, 1.82) is 5.26 Å². The SMILES string of the molecule is CCOc1cc(-c2ccc(N3CCC(CN(C)C(=O)CCCCN4CCC(c5ccc6c(c5)C(=O)N(C5CCC(=O)NC5=O)C6)CC4)(NC(=O)c4cc(F)ccc4F)CC3)nc2)c2c(C#N)cnn2c1. The third-order valence-electron chi connectivity index (χ3n) is 14.4. The van der Waals surface area contributed by atoms with Gasteiger partial charge in [0.1, 0.15) is 35.3 Å². The van der Waals surface area contributed by atoms with Crippen molar-refractivity contribution in [3.05, 3.63) is 113 Å². The van der Waals surface area contributed by atoms with E-state index < -0.39 is 40.6 Å². The Morgan fingerprint density at radius 2 is 1.77 bits per heavy atom. The lowest BCUT2D eigenvalue weighted by Gasteiger charge is -2.44. The molecule has 18 heteroatoms. The molecule has 3 fully saturated rings. The molecule has 0 spiro atoms. The molecular formula is C52H56F2N10O6. The summed E-state index contributed by atoms with van der Waals surface area (Å²) in [4.78, 5) is 77.4. The van der Waals surface area contributed by atoms with E-state index in [-0.39, 0.29) is 30.7 Å². The normalized spacial score (nSPS) is 18.4. The number of aromatic nitrogens is 3. The second kappa shape index (κ2) is 20.4. The number of hydrogen-bond acceptors (Lipinski definition) is 11. The maximum Gasteiger partial charge on any atom is 0.255 e. The second-order valence-corrected chi connectivity index (χ2v) is 18.9. The molecule has 0 aliphatic carbocycles. The Bertz CT molecular complexity index is 2870. The summed E-state index contributed by atoms with van der Waals surface area (Å²) in [5, 5.41) is 19.5. The van der Waals surface area contributed by atoms with Crippen molar-refractivity contribution < 1.29 is 37.5 Å². The molecule has 1 atom stereocenters. The van der Waals surface area contributed by atoms with Crippen molar-refractivity contribution in [3.63, 3.8) is 0 Å². The van der Waals surface area contributed by atoms with Gasteiger partial charge < -0.3 is 29.7 Å². The van der Waals surface area contributed by atoms with E-state index in [4.69, 9.17) is 9.72 Å². The van der Waals surface area contributed by atoms with Crippen molar-refractivity contribution in [3.8, 4) is 22.9 Å². The number of imide groups is 1. The van der Waals surface area contributed by atoms with Gasteiger partial charge in [-0.1, -0.05) is 12.1 Å². The number of benzene rings is 2. The monoisotopic (exact) mass is 954 g/mol. The van der Waals surface area contributed by atoms with Crippen LogP contribution in [0.3, 0.4) is 0 Å². The molecule has 5 aromatic rings. The van der Waals surface area contributed by atoms with E-state index in [9.17, 15) is 38.0 Å². The zero-order valence-corrected chi connectivity index (χ0v) is 39.4. The predicted octanol–water partition coefficient (Wildman–Crippen LogP) is 5.98. The zero-order chi connectivity index (χ0) is 49.1. The van der Waals surface area contributed by atoms with Crippen LogP contribution in [0.25, 0.3) is 16.6 Å². The van der Waals surface area contributed by atoms with Gasteiger partial charge in [-0.3, -0.25) is 29.3 Å². The fourth-order valence-corrected chi connectivity index (χ4v) is 10.5. The molecule has 5 amide bonds. The first-order valence-electron chi connectivity index (χ1n) is 24.1. The number of rotatable bonds is 15. The van der Waals surface area contributed by atoms with Gasteiger partial charge in [-0.05, 0) is 131 Å². The number of anilines is 1. The number of ether oxygens (including phenoxy) is 1. The Morgan fingerprint density at radius 3 is 2.50 bits per heavy atom. The number of hydrogen-bond donors (Lipinski definition) is 2. The molecule has 2 aromatic carbocycles. The fourth-order valence-electron chi connectivity index (χ4n) is 10.5. The van der Waals surface area contributed by atoms with Crippen LogP contribution in [0.4, 0.5) is 14.6 Å². The summed E-state index contributed by atoms with van der Waals surface area (Å²) < 4.78 is 36.5. The minimum Gasteiger partial charge on any atom is -0.492 e. The molecule has 70 heavy (non-hydrogen) atoms. The molecular weight excluding hydrogens is 899 g/mol. The van der Waals surface area contributed by atoms with Gasteiger partial charge in [-0.15, -0.1) is 0 Å². The van der Waals surface area contributed by atoms with Gasteiger partial charge in [-0.2, -0.15) is 10.4 Å². The lowest BCUT2D eigenvalue weighted by molar-refractivity contribution is -0.137. The van der Waals surface area contributed by atoms with Crippen LogP contribution >= 0.6 is 0 Å². The molecule has 4 aliphatic rings. The summed E-state index contributed by atoms with van der Waals surface area (Å²) in [6, 6.07) is 16.1. The van der Waals surface area contributed by atoms with Gasteiger partial charge >= 0.3 is 0 Å². The number of carbonyl (C=O) groups excluding carboxylic acids is 5. The van der Waals surface area contributed by atoms with E-state index in [2.05, 4.69) is 37.7 Å². The lowest BCUT2D eigenvalue weighted by atomic mass is 9.86. The van der Waals surface area contributed by atoms with Crippen LogP contribution in [0, 0.1) is 23.0 Å². The Kier molecular flexibility index (Phi) is 13.9. The van der Waals surface area contributed by atoms with Crippen LogP contribution in [0.1, 0.15) is 108 Å². The van der Waals surface area contributed by atoms with Gasteiger partial charge in [-0.25, -0.2) is 18.3 Å². The number of unbranched alkanes of at least 4 members (excludes halogenated alkanes) is 1. The number of halogens is 2. The number of nitrogens with one attached hydrogen (secondary N) is 2. The van der Waals surface area contributed by atoms with Crippen LogP contribution in [0.15, 0.2) is 73.2 Å². The first-order valence-corrected chi connectivity index (χ1v) is 24.1. The highest BCUT2D eigenvalue weighted by atomic mass is 19.1. The Morgan fingerprint density at radius 1 is 0.971 bits per heavy atom. The number of piperidine rings is 3. The molecule has 1 unspecified atom stereocenters. The minimum absolute atomic E-state index is 0.0773. The Hall–Kier alpha value is -7.26. The van der Waals surface area contributed by atoms with E-state index in [0.717, 1.165) is 79.3 Å². The topological polar surface area (TPSA) is 186 Å². The van der Waals surface area contributed by atoms with Crippen LogP contribution < -0.4 is 20.3 Å². The largest absolute Gasteiger partial charge is 0.492 e. The molecule has 3 saturated heterocycles. The standard InChI is InChI=1S/C52H56F2N10O6/c1-3-70-39-26-40(48-37(27-55)29-57-64(48)31-39)35-9-13-45(56-28-35)62-22-17-52(18-23-62,59-49(67)42-25-38(53)10-11-43(42)54)32-60(2)47(66)6-4-5-19-61-20-15-33(16-21-61)34-7-8-36-30-63(51(69)41(36)24-34)44-12-14-46(65)58-50(44)68/h7-11,13,24-26,28-29,31,33,44H,3-6,12,14-23,30,32H2,1-2H3,(H,59,67)(H,58,65,68). The number of pyridine rings is 2. The number of nitrogens with zero attached hydrogens (tertiary/aromatic N) is 8. The highest BCUT2D eigenvalue weighted by Gasteiger charge is 2.41. The van der Waals surface area contributed by atoms with Crippen molar-refractivity contribution in [2.24, 2.45) is 0 Å². The molecule has 4 aliphatic heterocycles. The number of fused-ring (bicyclic) bond motifs is 2. The summed E-state index contributed by atoms with van der Waals surface area (Å²) in [6.07, 6.45) is 9.99. The van der Waals surface area contributed by atoms with Crippen molar-refractivity contribution in [2.45, 2.75) is 88.8 Å². The van der Waals surface area contributed by atoms with E-state index in [0.29, 0.717) is 92.5 Å². The highest BCUT2D eigenvalue weighted by Crippen LogP contribution is 2.35. The summed E-state index contributed by atoms with van der Waals surface area (Å²) in [5.74, 6) is -1.70. The van der Waals surface area contributed by atoms with Gasteiger partial charge in [0.25, 0.3) is 11.8 Å². The molecule has 0 radical (unpaired) electrons. The molecule has 9 rings (SSSR count). The molecule has 0 bridgehead atoms. The number of likely N-dealkylation sites (tertiary alicyclic amines) is 1. The van der Waals surface area contributed by atoms with E-state index >= 15 is 0 Å². The van der Waals surface area contributed by atoms with Gasteiger partial charge in [0.15, 0.2) is 0 Å². The van der Waals surface area contributed by atoms with Gasteiger partial charge in [0.05, 0.1) is 41.2 Å². The quantitative estimate of drug-likeness (QED) is 0.0929. The molecule has 2 N–H and O–H groups in total. The number of likely N-dealkylation sites (N-methyl/N-ethyl adjacent to an activating group) is 1. The highest BCUT2D eigenvalue weighted by molar-refractivity contribution is 6.05. The number of amides is 5. The average Bonchev–Trinajstić information content (AvgIpc) is 3.93. The maximum absolute atomic E-state index is 14.9. The summed E-state index contributed by atoms with van der Waals surface area (Å²) in [7, 11) is 1.71. The smallest absolute Gasteiger partial charge is 0.255 e. The Labute approximate surface area is 404 Å².